The molecule has 15 nitrogen and oxygen atoms in total. The highest BCUT2D eigenvalue weighted by Crippen LogP contribution is 2.52. The molecule has 2 aromatic heterocycles. The Hall–Kier alpha value is -4.96. The van der Waals surface area contributed by atoms with Crippen LogP contribution >= 0.6 is 22.9 Å². The maximum Gasteiger partial charge on any atom is 0.408 e. The van der Waals surface area contributed by atoms with Crippen molar-refractivity contribution in [2.45, 2.75) is 103 Å². The largest absolute Gasteiger partial charge is 0.488 e. The number of rotatable bonds is 15. The van der Waals surface area contributed by atoms with Gasteiger partial charge in [0.2, 0.25) is 11.8 Å². The number of benzene rings is 1. The molecular formula is C41H49ClN6O9S. The number of nitrogens with one attached hydrogen (secondary N) is 3. The lowest BCUT2D eigenvalue weighted by molar-refractivity contribution is -0.146. The molecule has 17 heteroatoms. The van der Waals surface area contributed by atoms with Crippen molar-refractivity contribution in [3.8, 4) is 22.9 Å². The van der Waals surface area contributed by atoms with Crippen molar-refractivity contribution in [1.82, 2.24) is 25.5 Å². The van der Waals surface area contributed by atoms with Crippen LogP contribution in [0.25, 0.3) is 22.3 Å². The molecule has 310 valence electrons. The van der Waals surface area contributed by atoms with Crippen molar-refractivity contribution in [3.63, 3.8) is 0 Å². The second-order valence-corrected chi connectivity index (χ2v) is 18.3. The predicted octanol–water partition coefficient (Wildman–Crippen LogP) is 5.84. The number of alkyl carbamates (subject to hydrolysis) is 1. The highest BCUT2D eigenvalue weighted by atomic mass is 35.5. The zero-order valence-electron chi connectivity index (χ0n) is 33.1. The molecule has 4 N–H and O–H groups in total. The third kappa shape index (κ3) is 8.44. The number of halogens is 1. The lowest BCUT2D eigenvalue weighted by Gasteiger charge is -2.35. The van der Waals surface area contributed by atoms with Crippen LogP contribution < -0.4 is 25.4 Å². The Balaban J connectivity index is 1.21. The molecule has 1 aromatic carbocycles. The second-order valence-electron chi connectivity index (χ2n) is 17.1. The molecule has 0 bridgehead atoms. The summed E-state index contributed by atoms with van der Waals surface area (Å²) in [5, 5.41) is 22.1. The Morgan fingerprint density at radius 2 is 1.83 bits per heavy atom. The van der Waals surface area contributed by atoms with E-state index in [1.54, 1.807) is 39.0 Å². The molecule has 1 saturated heterocycles. The van der Waals surface area contributed by atoms with E-state index in [0.29, 0.717) is 51.3 Å². The van der Waals surface area contributed by atoms with Gasteiger partial charge in [-0.3, -0.25) is 14.4 Å². The molecule has 3 amide bonds. The van der Waals surface area contributed by atoms with E-state index in [4.69, 9.17) is 35.8 Å². The normalized spacial score (nSPS) is 26.4. The maximum absolute atomic E-state index is 14.7. The summed E-state index contributed by atoms with van der Waals surface area (Å²) >= 11 is 8.23. The molecule has 0 radical (unpaired) electrons. The van der Waals surface area contributed by atoms with Crippen LogP contribution in [-0.4, -0.2) is 99.2 Å². The van der Waals surface area contributed by atoms with Gasteiger partial charge in [-0.1, -0.05) is 38.4 Å². The average Bonchev–Trinajstić information content (AvgIpc) is 3.83. The average molecular weight is 837 g/mol. The van der Waals surface area contributed by atoms with Crippen LogP contribution in [0, 0.1) is 23.2 Å². The van der Waals surface area contributed by atoms with E-state index in [0.717, 1.165) is 19.3 Å². The number of aldehydes is 1. The summed E-state index contributed by atoms with van der Waals surface area (Å²) in [7, 11) is 0. The number of carboxylic acids is 1. The van der Waals surface area contributed by atoms with Crippen LogP contribution in [0.15, 0.2) is 36.2 Å². The van der Waals surface area contributed by atoms with Gasteiger partial charge in [0.25, 0.3) is 0 Å². The summed E-state index contributed by atoms with van der Waals surface area (Å²) in [5.74, 6) is -1.16. The summed E-state index contributed by atoms with van der Waals surface area (Å²) in [6.07, 6.45) is 3.31. The van der Waals surface area contributed by atoms with Gasteiger partial charge in [0.05, 0.1) is 17.8 Å². The number of anilines is 1. The number of hydrogen-bond acceptors (Lipinski definition) is 12. The molecular weight excluding hydrogens is 788 g/mol. The number of aliphatic carboxylic acids is 1. The Labute approximate surface area is 345 Å². The van der Waals surface area contributed by atoms with Gasteiger partial charge < -0.3 is 40.2 Å². The number of carbonyl (C=O) groups excluding carboxylic acids is 4. The van der Waals surface area contributed by atoms with Crippen molar-refractivity contribution in [1.29, 1.82) is 0 Å². The smallest absolute Gasteiger partial charge is 0.408 e. The number of carboxylic acid groups (broad SMARTS) is 1. The zero-order chi connectivity index (χ0) is 41.7. The summed E-state index contributed by atoms with van der Waals surface area (Å²) in [6.45, 7) is 12.8. The van der Waals surface area contributed by atoms with Gasteiger partial charge in [-0.15, -0.1) is 17.9 Å². The van der Waals surface area contributed by atoms with E-state index in [2.05, 4.69) is 22.5 Å². The predicted molar refractivity (Wildman–Crippen MR) is 217 cm³/mol. The van der Waals surface area contributed by atoms with Crippen molar-refractivity contribution >= 4 is 69.1 Å². The van der Waals surface area contributed by atoms with Crippen molar-refractivity contribution in [2.75, 3.05) is 18.5 Å². The van der Waals surface area contributed by atoms with Gasteiger partial charge in [-0.05, 0) is 68.9 Å². The quantitative estimate of drug-likeness (QED) is 0.106. The number of thiazole rings is 1. The molecule has 8 atom stereocenters. The molecule has 3 saturated carbocycles. The molecule has 3 aromatic rings. The Bertz CT molecular complexity index is 2130. The number of amides is 3. The van der Waals surface area contributed by atoms with E-state index in [1.807, 2.05) is 19.2 Å². The number of carbonyl (C=O) groups is 5. The third-order valence-corrected chi connectivity index (χ3v) is 12.5. The van der Waals surface area contributed by atoms with Crippen LogP contribution in [0.2, 0.25) is 5.02 Å². The molecule has 2 unspecified atom stereocenters. The fourth-order valence-electron chi connectivity index (χ4n) is 8.12. The topological polar surface area (TPSA) is 198 Å². The van der Waals surface area contributed by atoms with Crippen molar-refractivity contribution in [3.05, 3.63) is 41.3 Å². The van der Waals surface area contributed by atoms with Gasteiger partial charge >= 0.3 is 12.1 Å². The van der Waals surface area contributed by atoms with Crippen LogP contribution in [0.5, 0.6) is 11.5 Å². The summed E-state index contributed by atoms with van der Waals surface area (Å²) in [6, 6.07) is 2.88. The minimum Gasteiger partial charge on any atom is -0.488 e. The standard InChI is InChI=1S/C41H49ClN6O9S/c1-7-23-17-41(23,37(52)53)47-35(50)29-15-25(18-48(29)36(51)34(40(4,5)6)46-39(54)57-24-13-21-12-22(21)14-24)56-31-16-27(28-19-58-38(45-28)43-20(2)3)44-33-26(31)8-9-30(32(33)42)55-11-10-49/h7-10,16,19-25,29,34H,1,11-15,17-18H2,2-6H3,(H,43,45)(H,46,54)(H,47,50)(H,52,53)/t21-,22+,23-,24?,25-,29+,34-,41?/m1/s1. The van der Waals surface area contributed by atoms with Crippen LogP contribution in [0.4, 0.5) is 9.93 Å². The van der Waals surface area contributed by atoms with E-state index in [1.165, 1.54) is 22.3 Å². The number of nitrogens with zero attached hydrogens (tertiary/aromatic N) is 3. The van der Waals surface area contributed by atoms with Crippen molar-refractivity contribution < 1.29 is 43.3 Å². The molecule has 1 aliphatic heterocycles. The van der Waals surface area contributed by atoms with E-state index in [-0.39, 0.29) is 48.9 Å². The second kappa shape index (κ2) is 16.0. The molecule has 3 heterocycles. The number of ether oxygens (including phenoxy) is 3. The molecule has 0 spiro atoms. The maximum atomic E-state index is 14.7. The number of aromatic nitrogens is 2. The highest BCUT2D eigenvalue weighted by molar-refractivity contribution is 7.14. The summed E-state index contributed by atoms with van der Waals surface area (Å²) in [5.41, 5.74) is -1.09. The first-order chi connectivity index (χ1) is 27.5. The van der Waals surface area contributed by atoms with Gasteiger partial charge in [-0.25, -0.2) is 19.6 Å². The number of pyridine rings is 1. The van der Waals surface area contributed by atoms with Gasteiger partial charge in [0.15, 0.2) is 11.4 Å². The lowest BCUT2D eigenvalue weighted by Crippen LogP contribution is -2.59. The molecule has 4 aliphatic rings. The third-order valence-electron chi connectivity index (χ3n) is 11.4. The summed E-state index contributed by atoms with van der Waals surface area (Å²) in [4.78, 5) is 76.5. The first kappa shape index (κ1) is 41.2. The van der Waals surface area contributed by atoms with Crippen molar-refractivity contribution in [2.24, 2.45) is 23.2 Å². The number of likely N-dealkylation sites (tertiary alicyclic amines) is 1. The molecule has 7 rings (SSSR count). The first-order valence-electron chi connectivity index (χ1n) is 19.6. The van der Waals surface area contributed by atoms with Crippen LogP contribution in [-0.2, 0) is 23.9 Å². The van der Waals surface area contributed by atoms with Gasteiger partial charge in [-0.2, -0.15) is 0 Å². The molecule has 3 aliphatic carbocycles. The Morgan fingerprint density at radius 3 is 2.47 bits per heavy atom. The van der Waals surface area contributed by atoms with Crippen LogP contribution in [0.1, 0.15) is 66.7 Å². The number of fused-ring (bicyclic) bond motifs is 2. The monoisotopic (exact) mass is 836 g/mol. The highest BCUT2D eigenvalue weighted by Gasteiger charge is 2.61. The van der Waals surface area contributed by atoms with E-state index >= 15 is 0 Å². The lowest BCUT2D eigenvalue weighted by atomic mass is 9.85. The van der Waals surface area contributed by atoms with E-state index < -0.39 is 58.9 Å². The first-order valence-corrected chi connectivity index (χ1v) is 20.8. The molecule has 4 fully saturated rings. The molecule has 58 heavy (non-hydrogen) atoms. The Kier molecular flexibility index (Phi) is 11.4. The van der Waals surface area contributed by atoms with Crippen LogP contribution in [0.3, 0.4) is 0 Å². The van der Waals surface area contributed by atoms with E-state index in [9.17, 15) is 29.1 Å². The summed E-state index contributed by atoms with van der Waals surface area (Å²) < 4.78 is 18.0. The Morgan fingerprint density at radius 1 is 1.09 bits per heavy atom. The zero-order valence-corrected chi connectivity index (χ0v) is 34.7. The fraction of sp³-hybridized carbons (Fsp3) is 0.537. The number of hydrogen-bond donors (Lipinski definition) is 4. The fourth-order valence-corrected chi connectivity index (χ4v) is 9.24. The van der Waals surface area contributed by atoms with Gasteiger partial charge in [0, 0.05) is 35.2 Å². The minimum absolute atomic E-state index is 0.00917. The SMILES string of the molecule is C=C[C@@H]1CC1(NC(=O)[C@@H]1C[C@@H](Oc2cc(-c3csc(NC(C)C)n3)nc3c(Cl)c(OCC=O)ccc23)CN1C(=O)[C@@H](NC(=O)OC1C[C@@H]2C[C@@H]2C1)C(C)(C)C)C(=O)O. The minimum atomic E-state index is -1.55. The van der Waals surface area contributed by atoms with Gasteiger partial charge in [0.1, 0.15) is 58.7 Å².